The lowest BCUT2D eigenvalue weighted by Crippen LogP contribution is -2.40. The van der Waals surface area contributed by atoms with Gasteiger partial charge in [-0.15, -0.1) is 0 Å². The minimum absolute atomic E-state index is 0.172. The number of nitrogens with two attached hydrogens (primary N) is 1. The molecule has 0 spiro atoms. The van der Waals surface area contributed by atoms with E-state index in [1.54, 1.807) is 7.11 Å². The monoisotopic (exact) mass is 291 g/mol. The first-order valence-electron chi connectivity index (χ1n) is 7.50. The molecule has 0 radical (unpaired) electrons. The van der Waals surface area contributed by atoms with E-state index in [4.69, 9.17) is 10.5 Å². The van der Waals surface area contributed by atoms with Gasteiger partial charge in [0.05, 0.1) is 13.7 Å². The first-order valence-corrected chi connectivity index (χ1v) is 7.50. The summed E-state index contributed by atoms with van der Waals surface area (Å²) in [6.07, 6.45) is 3.13. The molecule has 116 valence electrons. The number of carbonyl (C=O) groups excluding carboxylic acids is 1. The molecule has 1 aliphatic carbocycles. The second kappa shape index (κ2) is 7.31. The molecule has 5 heteroatoms. The van der Waals surface area contributed by atoms with Gasteiger partial charge in [-0.3, -0.25) is 4.79 Å². The Bertz CT molecular complexity index is 457. The van der Waals surface area contributed by atoms with Crippen molar-refractivity contribution in [1.82, 2.24) is 4.90 Å². The standard InChI is InChI=1S/C16H25N3O2/c1-18(13-4-5-13)16(20)12-19(11-3-10-17)14-6-8-15(21-2)9-7-14/h6-9,13H,3-5,10-12,17H2,1-2H3. The smallest absolute Gasteiger partial charge is 0.242 e. The average molecular weight is 291 g/mol. The summed E-state index contributed by atoms with van der Waals surface area (Å²) in [4.78, 5) is 16.3. The Hall–Kier alpha value is -1.75. The quantitative estimate of drug-likeness (QED) is 0.788. The molecule has 1 amide bonds. The fourth-order valence-electron chi connectivity index (χ4n) is 2.31. The number of methoxy groups -OCH3 is 1. The fraction of sp³-hybridized carbons (Fsp3) is 0.562. The maximum atomic E-state index is 12.3. The van der Waals surface area contributed by atoms with E-state index in [9.17, 15) is 4.79 Å². The van der Waals surface area contributed by atoms with Crippen molar-refractivity contribution in [3.8, 4) is 5.75 Å². The maximum Gasteiger partial charge on any atom is 0.242 e. The molecule has 2 N–H and O–H groups in total. The van der Waals surface area contributed by atoms with Crippen LogP contribution in [0.15, 0.2) is 24.3 Å². The molecule has 1 aromatic carbocycles. The molecule has 0 unspecified atom stereocenters. The third kappa shape index (κ3) is 4.36. The van der Waals surface area contributed by atoms with Crippen LogP contribution in [0.1, 0.15) is 19.3 Å². The molecule has 2 rings (SSSR count). The maximum absolute atomic E-state index is 12.3. The summed E-state index contributed by atoms with van der Waals surface area (Å²) in [6.45, 7) is 1.81. The molecular weight excluding hydrogens is 266 g/mol. The molecule has 0 aromatic heterocycles. The molecule has 1 aromatic rings. The number of amides is 1. The van der Waals surface area contributed by atoms with Crippen molar-refractivity contribution >= 4 is 11.6 Å². The number of ether oxygens (including phenoxy) is 1. The topological polar surface area (TPSA) is 58.8 Å². The predicted molar refractivity (Wildman–Crippen MR) is 84.7 cm³/mol. The highest BCUT2D eigenvalue weighted by Crippen LogP contribution is 2.26. The van der Waals surface area contributed by atoms with Crippen molar-refractivity contribution < 1.29 is 9.53 Å². The largest absolute Gasteiger partial charge is 0.497 e. The predicted octanol–water partition coefficient (Wildman–Crippen LogP) is 1.47. The zero-order valence-electron chi connectivity index (χ0n) is 12.9. The van der Waals surface area contributed by atoms with Gasteiger partial charge in [0.2, 0.25) is 5.91 Å². The number of nitrogens with zero attached hydrogens (tertiary/aromatic N) is 2. The third-order valence-electron chi connectivity index (χ3n) is 3.88. The molecule has 0 saturated heterocycles. The van der Waals surface area contributed by atoms with E-state index in [-0.39, 0.29) is 5.91 Å². The molecule has 0 aliphatic heterocycles. The zero-order chi connectivity index (χ0) is 15.2. The van der Waals surface area contributed by atoms with Crippen LogP contribution in [0.25, 0.3) is 0 Å². The van der Waals surface area contributed by atoms with Crippen molar-refractivity contribution in [1.29, 1.82) is 0 Å². The van der Waals surface area contributed by atoms with Crippen LogP contribution >= 0.6 is 0 Å². The normalized spacial score (nSPS) is 13.9. The SMILES string of the molecule is COc1ccc(N(CCCN)CC(=O)N(C)C2CC2)cc1. The van der Waals surface area contributed by atoms with E-state index >= 15 is 0 Å². The van der Waals surface area contributed by atoms with Crippen molar-refractivity contribution in [2.45, 2.75) is 25.3 Å². The van der Waals surface area contributed by atoms with Crippen LogP contribution in [0.3, 0.4) is 0 Å². The third-order valence-corrected chi connectivity index (χ3v) is 3.88. The van der Waals surface area contributed by atoms with E-state index in [2.05, 4.69) is 4.90 Å². The van der Waals surface area contributed by atoms with Crippen LogP contribution in [0.2, 0.25) is 0 Å². The van der Waals surface area contributed by atoms with Gasteiger partial charge in [0, 0.05) is 25.3 Å². The number of carbonyl (C=O) groups is 1. The van der Waals surface area contributed by atoms with Gasteiger partial charge in [-0.1, -0.05) is 0 Å². The van der Waals surface area contributed by atoms with E-state index in [0.717, 1.165) is 37.2 Å². The van der Waals surface area contributed by atoms with Crippen LogP contribution in [0, 0.1) is 0 Å². The van der Waals surface area contributed by atoms with Gasteiger partial charge in [0.25, 0.3) is 0 Å². The fourth-order valence-corrected chi connectivity index (χ4v) is 2.31. The van der Waals surface area contributed by atoms with Gasteiger partial charge in [0.15, 0.2) is 0 Å². The van der Waals surface area contributed by atoms with Crippen molar-refractivity contribution in [3.05, 3.63) is 24.3 Å². The highest BCUT2D eigenvalue weighted by Gasteiger charge is 2.30. The van der Waals surface area contributed by atoms with Gasteiger partial charge < -0.3 is 20.3 Å². The Morgan fingerprint density at radius 3 is 2.52 bits per heavy atom. The van der Waals surface area contributed by atoms with Crippen molar-refractivity contribution in [2.75, 3.05) is 38.7 Å². The van der Waals surface area contributed by atoms with Crippen molar-refractivity contribution in [2.24, 2.45) is 5.73 Å². The summed E-state index contributed by atoms with van der Waals surface area (Å²) in [7, 11) is 3.55. The summed E-state index contributed by atoms with van der Waals surface area (Å²) in [5.41, 5.74) is 6.64. The molecule has 21 heavy (non-hydrogen) atoms. The van der Waals surface area contributed by atoms with Gasteiger partial charge in [-0.25, -0.2) is 0 Å². The van der Waals surface area contributed by atoms with Gasteiger partial charge in [-0.05, 0) is 50.1 Å². The Balaban J connectivity index is 2.03. The van der Waals surface area contributed by atoms with Gasteiger partial charge >= 0.3 is 0 Å². The van der Waals surface area contributed by atoms with Crippen LogP contribution in [0.5, 0.6) is 5.75 Å². The number of hydrogen-bond donors (Lipinski definition) is 1. The Kier molecular flexibility index (Phi) is 5.44. The average Bonchev–Trinajstić information content (AvgIpc) is 3.35. The first-order chi connectivity index (χ1) is 10.2. The number of anilines is 1. The Morgan fingerprint density at radius 2 is 2.00 bits per heavy atom. The summed E-state index contributed by atoms with van der Waals surface area (Å²) in [5, 5.41) is 0. The Labute approximate surface area is 126 Å². The second-order valence-electron chi connectivity index (χ2n) is 5.50. The van der Waals surface area contributed by atoms with Gasteiger partial charge in [0.1, 0.15) is 5.75 Å². The minimum Gasteiger partial charge on any atom is -0.497 e. The molecule has 1 aliphatic rings. The number of hydrogen-bond acceptors (Lipinski definition) is 4. The van der Waals surface area contributed by atoms with Crippen LogP contribution in [-0.2, 0) is 4.79 Å². The lowest BCUT2D eigenvalue weighted by atomic mass is 10.2. The first kappa shape index (κ1) is 15.6. The minimum atomic E-state index is 0.172. The molecular formula is C16H25N3O2. The number of likely N-dealkylation sites (N-methyl/N-ethyl adjacent to an activating group) is 1. The van der Waals surface area contributed by atoms with E-state index < -0.39 is 0 Å². The molecule has 0 heterocycles. The summed E-state index contributed by atoms with van der Waals surface area (Å²) < 4.78 is 5.18. The summed E-state index contributed by atoms with van der Waals surface area (Å²) >= 11 is 0. The molecule has 5 nitrogen and oxygen atoms in total. The Morgan fingerprint density at radius 1 is 1.33 bits per heavy atom. The highest BCUT2D eigenvalue weighted by atomic mass is 16.5. The molecule has 0 atom stereocenters. The lowest BCUT2D eigenvalue weighted by Gasteiger charge is -2.27. The van der Waals surface area contributed by atoms with Gasteiger partial charge in [-0.2, -0.15) is 0 Å². The van der Waals surface area contributed by atoms with Crippen molar-refractivity contribution in [3.63, 3.8) is 0 Å². The summed E-state index contributed by atoms with van der Waals surface area (Å²) in [6, 6.07) is 8.25. The zero-order valence-corrected chi connectivity index (χ0v) is 12.9. The summed E-state index contributed by atoms with van der Waals surface area (Å²) in [5.74, 6) is 0.990. The highest BCUT2D eigenvalue weighted by molar-refractivity contribution is 5.81. The van der Waals surface area contributed by atoms with E-state index in [1.165, 1.54) is 0 Å². The molecule has 1 saturated carbocycles. The van der Waals surface area contributed by atoms with Crippen LogP contribution in [-0.4, -0.2) is 50.6 Å². The number of benzene rings is 1. The van der Waals surface area contributed by atoms with E-state index in [0.29, 0.717) is 19.1 Å². The molecule has 1 fully saturated rings. The molecule has 0 bridgehead atoms. The number of rotatable bonds is 8. The van der Waals surface area contributed by atoms with Crippen LogP contribution in [0.4, 0.5) is 5.69 Å². The second-order valence-corrected chi connectivity index (χ2v) is 5.50. The van der Waals surface area contributed by atoms with E-state index in [1.807, 2.05) is 36.2 Å². The lowest BCUT2D eigenvalue weighted by molar-refractivity contribution is -0.128. The van der Waals surface area contributed by atoms with Crippen LogP contribution < -0.4 is 15.4 Å².